The largest absolute Gasteiger partial charge is 0.545 e. The predicted molar refractivity (Wildman–Crippen MR) is 79.7 cm³/mol. The summed E-state index contributed by atoms with van der Waals surface area (Å²) >= 11 is 1.61. The van der Waals surface area contributed by atoms with Crippen LogP contribution in [0.5, 0.6) is 0 Å². The van der Waals surface area contributed by atoms with E-state index in [1.165, 1.54) is 17.4 Å². The number of nitrogens with one attached hydrogen (secondary N) is 1. The first kappa shape index (κ1) is 13.8. The number of amides is 1. The number of aromatic carboxylic acids is 1. The molecule has 0 saturated carbocycles. The highest BCUT2D eigenvalue weighted by molar-refractivity contribution is 7.10. The van der Waals surface area contributed by atoms with E-state index in [9.17, 15) is 14.7 Å². The number of fused-ring (bicyclic) bond motifs is 1. The number of para-hydroxylation sites is 1. The van der Waals surface area contributed by atoms with Crippen molar-refractivity contribution < 1.29 is 14.7 Å². The molecule has 1 aliphatic carbocycles. The van der Waals surface area contributed by atoms with Gasteiger partial charge in [-0.3, -0.25) is 4.79 Å². The Morgan fingerprint density at radius 2 is 1.86 bits per heavy atom. The molecular formula is C16H14NO3S-. The first-order chi connectivity index (χ1) is 10.2. The average Bonchev–Trinajstić information content (AvgIpc) is 2.91. The molecule has 2 aromatic rings. The van der Waals surface area contributed by atoms with E-state index < -0.39 is 5.97 Å². The maximum absolute atomic E-state index is 12.4. The molecule has 0 bridgehead atoms. The summed E-state index contributed by atoms with van der Waals surface area (Å²) in [6.45, 7) is 0. The lowest BCUT2D eigenvalue weighted by Crippen LogP contribution is -2.25. The zero-order chi connectivity index (χ0) is 14.8. The molecule has 1 aliphatic rings. The van der Waals surface area contributed by atoms with Crippen molar-refractivity contribution in [1.29, 1.82) is 0 Å². The molecule has 0 spiro atoms. The lowest BCUT2D eigenvalue weighted by Gasteiger charge is -2.14. The molecule has 1 aromatic carbocycles. The molecule has 21 heavy (non-hydrogen) atoms. The van der Waals surface area contributed by atoms with Gasteiger partial charge in [0.2, 0.25) is 0 Å². The van der Waals surface area contributed by atoms with Crippen LogP contribution >= 0.6 is 11.3 Å². The summed E-state index contributed by atoms with van der Waals surface area (Å²) in [6, 6.07) is 6.29. The molecule has 1 amide bonds. The van der Waals surface area contributed by atoms with Crippen LogP contribution in [0.1, 0.15) is 44.0 Å². The van der Waals surface area contributed by atoms with E-state index in [2.05, 4.69) is 5.32 Å². The number of aryl methyl sites for hydroxylation is 1. The number of benzene rings is 1. The maximum atomic E-state index is 12.4. The molecule has 1 N–H and O–H groups in total. The number of carbonyl (C=O) groups excluding carboxylic acids is 2. The van der Waals surface area contributed by atoms with Gasteiger partial charge >= 0.3 is 0 Å². The fraction of sp³-hybridized carbons (Fsp3) is 0.250. The Morgan fingerprint density at radius 1 is 1.10 bits per heavy atom. The van der Waals surface area contributed by atoms with Crippen molar-refractivity contribution in [3.05, 3.63) is 51.2 Å². The minimum absolute atomic E-state index is 0.00468. The van der Waals surface area contributed by atoms with Gasteiger partial charge < -0.3 is 15.2 Å². The van der Waals surface area contributed by atoms with Crippen molar-refractivity contribution in [3.8, 4) is 0 Å². The Morgan fingerprint density at radius 3 is 2.67 bits per heavy atom. The fourth-order valence-corrected chi connectivity index (χ4v) is 3.77. The average molecular weight is 300 g/mol. The minimum atomic E-state index is -1.29. The van der Waals surface area contributed by atoms with E-state index in [1.807, 2.05) is 5.38 Å². The Hall–Kier alpha value is -2.14. The standard InChI is InChI=1S/C16H15NO3S/c18-15(12-9-21-14-8-4-2-5-10(12)14)17-13-7-3-1-6-11(13)16(19)20/h1,3,6-7,9H,2,4-5,8H2,(H,17,18)(H,19,20)/p-1. The van der Waals surface area contributed by atoms with E-state index >= 15 is 0 Å². The highest BCUT2D eigenvalue weighted by Gasteiger charge is 2.20. The highest BCUT2D eigenvalue weighted by Crippen LogP contribution is 2.30. The van der Waals surface area contributed by atoms with Crippen molar-refractivity contribution in [2.24, 2.45) is 0 Å². The summed E-state index contributed by atoms with van der Waals surface area (Å²) in [6.07, 6.45) is 4.22. The van der Waals surface area contributed by atoms with Gasteiger partial charge in [0.15, 0.2) is 0 Å². The number of anilines is 1. The first-order valence-electron chi connectivity index (χ1n) is 6.88. The van der Waals surface area contributed by atoms with E-state index in [0.717, 1.165) is 24.8 Å². The van der Waals surface area contributed by atoms with Crippen LogP contribution in [0.15, 0.2) is 29.6 Å². The second kappa shape index (κ2) is 5.69. The quantitative estimate of drug-likeness (QED) is 0.945. The van der Waals surface area contributed by atoms with Crippen LogP contribution in [0.3, 0.4) is 0 Å². The number of hydrogen-bond donors (Lipinski definition) is 1. The van der Waals surface area contributed by atoms with Crippen LogP contribution in [-0.4, -0.2) is 11.9 Å². The normalized spacial score (nSPS) is 13.5. The molecule has 1 aromatic heterocycles. The number of hydrogen-bond acceptors (Lipinski definition) is 4. The highest BCUT2D eigenvalue weighted by atomic mass is 32.1. The molecule has 0 unspecified atom stereocenters. The lowest BCUT2D eigenvalue weighted by atomic mass is 9.95. The predicted octanol–water partition coefficient (Wildman–Crippen LogP) is 2.24. The Labute approximate surface area is 126 Å². The molecule has 1 heterocycles. The van der Waals surface area contributed by atoms with Crippen LogP contribution in [-0.2, 0) is 12.8 Å². The van der Waals surface area contributed by atoms with Crippen LogP contribution in [0.25, 0.3) is 0 Å². The fourth-order valence-electron chi connectivity index (χ4n) is 2.64. The minimum Gasteiger partial charge on any atom is -0.545 e. The third kappa shape index (κ3) is 2.69. The summed E-state index contributed by atoms with van der Waals surface area (Å²) in [5.41, 5.74) is 2.06. The van der Waals surface area contributed by atoms with E-state index in [1.54, 1.807) is 29.5 Å². The van der Waals surface area contributed by atoms with Crippen molar-refractivity contribution >= 4 is 28.9 Å². The summed E-state index contributed by atoms with van der Waals surface area (Å²) < 4.78 is 0. The van der Waals surface area contributed by atoms with E-state index in [4.69, 9.17) is 0 Å². The number of carboxylic acid groups (broad SMARTS) is 1. The first-order valence-corrected chi connectivity index (χ1v) is 7.75. The van der Waals surface area contributed by atoms with Crippen LogP contribution in [0, 0.1) is 0 Å². The third-order valence-electron chi connectivity index (χ3n) is 3.70. The third-order valence-corrected chi connectivity index (χ3v) is 4.79. The number of carbonyl (C=O) groups is 2. The monoisotopic (exact) mass is 300 g/mol. The molecule has 0 fully saturated rings. The summed E-state index contributed by atoms with van der Waals surface area (Å²) in [5, 5.41) is 15.6. The summed E-state index contributed by atoms with van der Waals surface area (Å²) in [4.78, 5) is 24.7. The summed E-state index contributed by atoms with van der Waals surface area (Å²) in [5.74, 6) is -1.54. The van der Waals surface area contributed by atoms with Gasteiger partial charge in [-0.2, -0.15) is 0 Å². The summed E-state index contributed by atoms with van der Waals surface area (Å²) in [7, 11) is 0. The topological polar surface area (TPSA) is 69.2 Å². The van der Waals surface area contributed by atoms with Gasteiger partial charge in [0, 0.05) is 15.8 Å². The van der Waals surface area contributed by atoms with Gasteiger partial charge in [0.05, 0.1) is 17.2 Å². The van der Waals surface area contributed by atoms with E-state index in [0.29, 0.717) is 5.56 Å². The van der Waals surface area contributed by atoms with Crippen LogP contribution in [0.2, 0.25) is 0 Å². The van der Waals surface area contributed by atoms with Crippen LogP contribution in [0.4, 0.5) is 5.69 Å². The molecule has 0 saturated heterocycles. The lowest BCUT2D eigenvalue weighted by molar-refractivity contribution is -0.254. The molecular weight excluding hydrogens is 286 g/mol. The van der Waals surface area contributed by atoms with E-state index in [-0.39, 0.29) is 17.2 Å². The van der Waals surface area contributed by atoms with Gasteiger partial charge in [0.1, 0.15) is 0 Å². The molecule has 4 nitrogen and oxygen atoms in total. The second-order valence-electron chi connectivity index (χ2n) is 5.05. The van der Waals surface area contributed by atoms with Crippen molar-refractivity contribution in [3.63, 3.8) is 0 Å². The molecule has 5 heteroatoms. The molecule has 0 atom stereocenters. The number of carboxylic acids is 1. The van der Waals surface area contributed by atoms with Crippen LogP contribution < -0.4 is 10.4 Å². The second-order valence-corrected chi connectivity index (χ2v) is 6.01. The Kier molecular flexibility index (Phi) is 3.75. The Bertz CT molecular complexity index is 705. The van der Waals surface area contributed by atoms with Gasteiger partial charge in [-0.05, 0) is 37.3 Å². The Balaban J connectivity index is 1.87. The van der Waals surface area contributed by atoms with Crippen molar-refractivity contribution in [2.75, 3.05) is 5.32 Å². The molecule has 0 aliphatic heterocycles. The molecule has 0 radical (unpaired) electrons. The van der Waals surface area contributed by atoms with Gasteiger partial charge in [-0.15, -0.1) is 11.3 Å². The van der Waals surface area contributed by atoms with Gasteiger partial charge in [0.25, 0.3) is 5.91 Å². The smallest absolute Gasteiger partial charge is 0.256 e. The molecule has 3 rings (SSSR count). The number of thiophene rings is 1. The van der Waals surface area contributed by atoms with Crippen molar-refractivity contribution in [1.82, 2.24) is 0 Å². The van der Waals surface area contributed by atoms with Crippen molar-refractivity contribution in [2.45, 2.75) is 25.7 Å². The molecule has 108 valence electrons. The van der Waals surface area contributed by atoms with Gasteiger partial charge in [-0.1, -0.05) is 18.2 Å². The maximum Gasteiger partial charge on any atom is 0.256 e. The zero-order valence-electron chi connectivity index (χ0n) is 11.3. The zero-order valence-corrected chi connectivity index (χ0v) is 12.2. The number of rotatable bonds is 3. The van der Waals surface area contributed by atoms with Gasteiger partial charge in [-0.25, -0.2) is 0 Å². The SMILES string of the molecule is O=C([O-])c1ccccc1NC(=O)c1csc2c1CCCC2.